The number of carbonyl (C=O) groups excluding carboxylic acids is 1. The Morgan fingerprint density at radius 1 is 1.41 bits per heavy atom. The van der Waals surface area contributed by atoms with E-state index in [1.54, 1.807) is 6.92 Å². The maximum absolute atomic E-state index is 11.5. The predicted octanol–water partition coefficient (Wildman–Crippen LogP) is 2.81. The Balaban J connectivity index is 2.00. The Hall–Kier alpha value is -1.15. The molecule has 1 spiro atoms. The van der Waals surface area contributed by atoms with E-state index in [0.717, 1.165) is 31.4 Å². The third kappa shape index (κ3) is 1.62. The highest BCUT2D eigenvalue weighted by Crippen LogP contribution is 2.47. The van der Waals surface area contributed by atoms with Gasteiger partial charge in [-0.25, -0.2) is 0 Å². The molecule has 2 nitrogen and oxygen atoms in total. The topological polar surface area (TPSA) is 26.3 Å². The number of hydrogen-bond acceptors (Lipinski definition) is 2. The Bertz CT molecular complexity index is 430. The summed E-state index contributed by atoms with van der Waals surface area (Å²) in [4.78, 5) is 11.5. The molecular weight excluding hydrogens is 212 g/mol. The van der Waals surface area contributed by atoms with Crippen LogP contribution in [0.2, 0.25) is 0 Å². The summed E-state index contributed by atoms with van der Waals surface area (Å²) in [6.45, 7) is 2.47. The van der Waals surface area contributed by atoms with Gasteiger partial charge >= 0.3 is 0 Å². The molecule has 3 atom stereocenters. The van der Waals surface area contributed by atoms with Crippen LogP contribution in [0.5, 0.6) is 0 Å². The molecule has 0 aromatic rings. The Kier molecular flexibility index (Phi) is 2.55. The van der Waals surface area contributed by atoms with Crippen molar-refractivity contribution in [2.24, 2.45) is 11.8 Å². The van der Waals surface area contributed by atoms with Crippen LogP contribution in [-0.4, -0.2) is 18.0 Å². The summed E-state index contributed by atoms with van der Waals surface area (Å²) in [5.74, 6) is 0.993. The molecule has 1 heterocycles. The fraction of sp³-hybridized carbons (Fsp3) is 0.533. The van der Waals surface area contributed by atoms with Gasteiger partial charge in [-0.05, 0) is 26.2 Å². The Labute approximate surface area is 102 Å². The van der Waals surface area contributed by atoms with E-state index in [2.05, 4.69) is 24.3 Å². The molecular formula is C15H18O2. The van der Waals surface area contributed by atoms with Crippen molar-refractivity contribution in [3.8, 4) is 0 Å². The van der Waals surface area contributed by atoms with Crippen molar-refractivity contribution < 1.29 is 9.53 Å². The summed E-state index contributed by atoms with van der Waals surface area (Å²) in [6, 6.07) is 0. The zero-order valence-corrected chi connectivity index (χ0v) is 10.2. The molecule has 0 aromatic carbocycles. The van der Waals surface area contributed by atoms with Gasteiger partial charge in [-0.1, -0.05) is 30.4 Å². The van der Waals surface area contributed by atoms with E-state index in [9.17, 15) is 4.79 Å². The largest absolute Gasteiger partial charge is 0.370 e. The maximum atomic E-state index is 11.5. The predicted molar refractivity (Wildman–Crippen MR) is 66.6 cm³/mol. The summed E-state index contributed by atoms with van der Waals surface area (Å²) < 4.78 is 6.06. The van der Waals surface area contributed by atoms with Crippen LogP contribution in [0.4, 0.5) is 0 Å². The van der Waals surface area contributed by atoms with E-state index < -0.39 is 0 Å². The summed E-state index contributed by atoms with van der Waals surface area (Å²) in [6.07, 6.45) is 14.1. The lowest BCUT2D eigenvalue weighted by atomic mass is 9.73. The van der Waals surface area contributed by atoms with Gasteiger partial charge in [0.15, 0.2) is 5.78 Å². The number of Topliss-reactive ketones (excluding diaryl/α,β-unsaturated/α-hetero) is 1. The number of carbonyl (C=O) groups is 1. The van der Waals surface area contributed by atoms with E-state index >= 15 is 0 Å². The second-order valence-electron chi connectivity index (χ2n) is 5.22. The smallest absolute Gasteiger partial charge is 0.159 e. The van der Waals surface area contributed by atoms with Crippen molar-refractivity contribution in [2.75, 3.05) is 6.61 Å². The van der Waals surface area contributed by atoms with Crippen LogP contribution in [0.3, 0.4) is 0 Å². The normalized spacial score (nSPS) is 39.2. The number of ether oxygens (including phenoxy) is 1. The first-order chi connectivity index (χ1) is 8.22. The fourth-order valence-electron chi connectivity index (χ4n) is 3.32. The molecule has 17 heavy (non-hydrogen) atoms. The van der Waals surface area contributed by atoms with Crippen molar-refractivity contribution in [1.29, 1.82) is 0 Å². The van der Waals surface area contributed by atoms with Crippen LogP contribution >= 0.6 is 0 Å². The molecule has 3 rings (SSSR count). The number of ketones is 1. The molecule has 0 amide bonds. The van der Waals surface area contributed by atoms with Crippen LogP contribution in [0.1, 0.15) is 26.2 Å². The fourth-order valence-corrected chi connectivity index (χ4v) is 3.32. The van der Waals surface area contributed by atoms with Crippen LogP contribution in [0, 0.1) is 11.8 Å². The van der Waals surface area contributed by atoms with E-state index in [0.29, 0.717) is 11.8 Å². The lowest BCUT2D eigenvalue weighted by Gasteiger charge is -2.38. The summed E-state index contributed by atoms with van der Waals surface area (Å²) in [7, 11) is 0. The van der Waals surface area contributed by atoms with Gasteiger partial charge in [0.05, 0.1) is 5.60 Å². The van der Waals surface area contributed by atoms with Gasteiger partial charge in [0, 0.05) is 24.0 Å². The summed E-state index contributed by atoms with van der Waals surface area (Å²) in [5.41, 5.74) is 0.683. The van der Waals surface area contributed by atoms with Crippen LogP contribution in [0.25, 0.3) is 0 Å². The number of hydrogen-bond donors (Lipinski definition) is 0. The van der Waals surface area contributed by atoms with Gasteiger partial charge in [-0.2, -0.15) is 0 Å². The van der Waals surface area contributed by atoms with Gasteiger partial charge in [-0.3, -0.25) is 4.79 Å². The quantitative estimate of drug-likeness (QED) is 0.647. The van der Waals surface area contributed by atoms with Crippen LogP contribution in [0.15, 0.2) is 36.0 Å². The molecule has 1 aliphatic heterocycles. The monoisotopic (exact) mass is 230 g/mol. The zero-order chi connectivity index (χ0) is 11.9. The van der Waals surface area contributed by atoms with E-state index in [-0.39, 0.29) is 11.4 Å². The highest BCUT2D eigenvalue weighted by molar-refractivity contribution is 5.96. The van der Waals surface area contributed by atoms with Gasteiger partial charge in [0.2, 0.25) is 0 Å². The van der Waals surface area contributed by atoms with Crippen molar-refractivity contribution in [3.63, 3.8) is 0 Å². The molecule has 0 radical (unpaired) electrons. The molecule has 2 aliphatic carbocycles. The molecule has 3 aliphatic rings. The standard InChI is InChI=1S/C15H18O2/c1-11(16)12-6-8-15-13(7-9-17-15)4-2-3-5-14(15)10-12/h2,4,6,8,10,13-14H,3,5,7,9H2,1H3. The van der Waals surface area contributed by atoms with Crippen molar-refractivity contribution >= 4 is 5.78 Å². The van der Waals surface area contributed by atoms with Crippen molar-refractivity contribution in [1.82, 2.24) is 0 Å². The van der Waals surface area contributed by atoms with E-state index in [1.807, 2.05) is 6.08 Å². The highest BCUT2D eigenvalue weighted by Gasteiger charge is 2.48. The van der Waals surface area contributed by atoms with Crippen LogP contribution in [-0.2, 0) is 9.53 Å². The molecule has 0 bridgehead atoms. The third-order valence-electron chi connectivity index (χ3n) is 4.26. The average molecular weight is 230 g/mol. The molecule has 2 heteroatoms. The van der Waals surface area contributed by atoms with Gasteiger partial charge in [-0.15, -0.1) is 0 Å². The molecule has 0 N–H and O–H groups in total. The first-order valence-electron chi connectivity index (χ1n) is 6.45. The Morgan fingerprint density at radius 3 is 3.12 bits per heavy atom. The summed E-state index contributed by atoms with van der Waals surface area (Å²) in [5, 5.41) is 0. The molecule has 0 aromatic heterocycles. The Morgan fingerprint density at radius 2 is 2.29 bits per heavy atom. The number of allylic oxidation sites excluding steroid dienone is 3. The van der Waals surface area contributed by atoms with Gasteiger partial charge in [0.25, 0.3) is 0 Å². The van der Waals surface area contributed by atoms with Crippen molar-refractivity contribution in [3.05, 3.63) is 36.0 Å². The highest BCUT2D eigenvalue weighted by atomic mass is 16.5. The SMILES string of the molecule is CC(=O)C1=CC2CCC=CC3CCOC23C=C1. The molecule has 3 unspecified atom stereocenters. The molecule has 90 valence electrons. The van der Waals surface area contributed by atoms with Crippen molar-refractivity contribution in [2.45, 2.75) is 31.8 Å². The minimum absolute atomic E-state index is 0.155. The average Bonchev–Trinajstić information content (AvgIpc) is 2.62. The van der Waals surface area contributed by atoms with E-state index in [1.165, 1.54) is 0 Å². The molecule has 1 fully saturated rings. The lowest BCUT2D eigenvalue weighted by molar-refractivity contribution is -0.113. The lowest BCUT2D eigenvalue weighted by Crippen LogP contribution is -2.41. The first-order valence-corrected chi connectivity index (χ1v) is 6.45. The van der Waals surface area contributed by atoms with Gasteiger partial charge in [0.1, 0.15) is 0 Å². The zero-order valence-electron chi connectivity index (χ0n) is 10.2. The maximum Gasteiger partial charge on any atom is 0.159 e. The molecule has 0 saturated carbocycles. The minimum atomic E-state index is -0.161. The minimum Gasteiger partial charge on any atom is -0.370 e. The third-order valence-corrected chi connectivity index (χ3v) is 4.26. The number of rotatable bonds is 1. The van der Waals surface area contributed by atoms with E-state index in [4.69, 9.17) is 4.74 Å². The van der Waals surface area contributed by atoms with Crippen LogP contribution < -0.4 is 0 Å². The second kappa shape index (κ2) is 3.95. The second-order valence-corrected chi connectivity index (χ2v) is 5.22. The van der Waals surface area contributed by atoms with Gasteiger partial charge < -0.3 is 4.74 Å². The molecule has 1 saturated heterocycles. The first kappa shape index (κ1) is 11.0. The summed E-state index contributed by atoms with van der Waals surface area (Å²) >= 11 is 0.